The number of aryl methyl sites for hydroxylation is 1. The molecule has 0 amide bonds. The number of nitrogens with zero attached hydrogens (tertiary/aromatic N) is 2. The molecule has 154 valence electrons. The van der Waals surface area contributed by atoms with Crippen LogP contribution in [0.5, 0.6) is 0 Å². The van der Waals surface area contributed by atoms with E-state index < -0.39 is 11.7 Å². The number of halogens is 3. The molecule has 6 heteroatoms. The fraction of sp³-hybridized carbons (Fsp3) is 0.250. The average Bonchev–Trinajstić information content (AvgIpc) is 3.08. The number of hydrogen-bond acceptors (Lipinski definition) is 3. The lowest BCUT2D eigenvalue weighted by atomic mass is 10.0. The minimum atomic E-state index is -4.45. The largest absolute Gasteiger partial charge is 0.417 e. The molecule has 0 fully saturated rings. The molecule has 2 aromatic carbocycles. The number of hydrogen-bond donors (Lipinski definition) is 1. The van der Waals surface area contributed by atoms with Gasteiger partial charge in [0.2, 0.25) is 0 Å². The molecule has 4 rings (SSSR count). The van der Waals surface area contributed by atoms with Crippen molar-refractivity contribution in [1.82, 2.24) is 4.98 Å². The summed E-state index contributed by atoms with van der Waals surface area (Å²) >= 11 is 0. The van der Waals surface area contributed by atoms with Gasteiger partial charge in [-0.25, -0.2) is 4.98 Å². The predicted octanol–water partition coefficient (Wildman–Crippen LogP) is 6.71. The van der Waals surface area contributed by atoms with E-state index in [1.54, 1.807) is 12.1 Å². The SMILES string of the molecule is CCC1N=C(Nc2nc(-c3ccccc3C(F)(F)F)cc(C)c2C)c2ccccc21. The van der Waals surface area contributed by atoms with Gasteiger partial charge in [0.15, 0.2) is 0 Å². The highest BCUT2D eigenvalue weighted by molar-refractivity contribution is 6.11. The van der Waals surface area contributed by atoms with Gasteiger partial charge >= 0.3 is 6.18 Å². The number of benzene rings is 2. The molecule has 3 aromatic rings. The monoisotopic (exact) mass is 409 g/mol. The van der Waals surface area contributed by atoms with Crippen molar-refractivity contribution in [2.45, 2.75) is 39.4 Å². The van der Waals surface area contributed by atoms with Gasteiger partial charge in [-0.1, -0.05) is 49.4 Å². The van der Waals surface area contributed by atoms with Gasteiger partial charge in [-0.05, 0) is 49.1 Å². The Morgan fingerprint density at radius 1 is 0.967 bits per heavy atom. The highest BCUT2D eigenvalue weighted by Gasteiger charge is 2.34. The molecular formula is C24H22F3N3. The Morgan fingerprint density at radius 3 is 2.33 bits per heavy atom. The molecule has 2 heterocycles. The van der Waals surface area contributed by atoms with E-state index in [4.69, 9.17) is 4.99 Å². The van der Waals surface area contributed by atoms with E-state index in [2.05, 4.69) is 23.3 Å². The Kier molecular flexibility index (Phi) is 5.10. The van der Waals surface area contributed by atoms with Crippen molar-refractivity contribution in [3.63, 3.8) is 0 Å². The van der Waals surface area contributed by atoms with Crippen LogP contribution in [-0.2, 0) is 6.18 Å². The van der Waals surface area contributed by atoms with Crippen molar-refractivity contribution in [1.29, 1.82) is 0 Å². The third-order valence-corrected chi connectivity index (χ3v) is 5.52. The van der Waals surface area contributed by atoms with Crippen LogP contribution in [0.15, 0.2) is 59.6 Å². The van der Waals surface area contributed by atoms with Gasteiger partial charge in [0.1, 0.15) is 11.7 Å². The highest BCUT2D eigenvalue weighted by atomic mass is 19.4. The maximum Gasteiger partial charge on any atom is 0.417 e. The van der Waals surface area contributed by atoms with Gasteiger partial charge in [0.05, 0.1) is 17.3 Å². The first kappa shape index (κ1) is 20.1. The van der Waals surface area contributed by atoms with E-state index in [0.29, 0.717) is 11.7 Å². The fourth-order valence-electron chi connectivity index (χ4n) is 3.77. The quantitative estimate of drug-likeness (QED) is 0.522. The number of nitrogens with one attached hydrogen (secondary N) is 1. The second kappa shape index (κ2) is 7.59. The predicted molar refractivity (Wildman–Crippen MR) is 114 cm³/mol. The van der Waals surface area contributed by atoms with E-state index in [1.807, 2.05) is 32.0 Å². The first-order valence-corrected chi connectivity index (χ1v) is 9.88. The molecule has 0 bridgehead atoms. The van der Waals surface area contributed by atoms with Crippen LogP contribution in [0.4, 0.5) is 19.0 Å². The number of alkyl halides is 3. The minimum Gasteiger partial charge on any atom is -0.324 e. The summed E-state index contributed by atoms with van der Waals surface area (Å²) in [5.74, 6) is 1.22. The van der Waals surface area contributed by atoms with Gasteiger partial charge < -0.3 is 5.32 Å². The second-order valence-electron chi connectivity index (χ2n) is 7.46. The lowest BCUT2D eigenvalue weighted by Gasteiger charge is -2.16. The van der Waals surface area contributed by atoms with E-state index in [9.17, 15) is 13.2 Å². The van der Waals surface area contributed by atoms with Crippen LogP contribution in [0.2, 0.25) is 0 Å². The fourth-order valence-corrected chi connectivity index (χ4v) is 3.77. The molecular weight excluding hydrogens is 387 g/mol. The Morgan fingerprint density at radius 2 is 1.63 bits per heavy atom. The van der Waals surface area contributed by atoms with Crippen molar-refractivity contribution >= 4 is 11.7 Å². The van der Waals surface area contributed by atoms with Crippen LogP contribution in [0.1, 0.15) is 47.2 Å². The molecule has 1 N–H and O–H groups in total. The number of rotatable bonds is 3. The normalized spacial score (nSPS) is 15.7. The summed E-state index contributed by atoms with van der Waals surface area (Å²) in [5.41, 5.74) is 3.55. The topological polar surface area (TPSA) is 37.3 Å². The first-order chi connectivity index (χ1) is 14.3. The lowest BCUT2D eigenvalue weighted by Crippen LogP contribution is -2.15. The van der Waals surface area contributed by atoms with Crippen molar-refractivity contribution in [3.8, 4) is 11.3 Å². The Balaban J connectivity index is 1.79. The van der Waals surface area contributed by atoms with E-state index in [1.165, 1.54) is 12.1 Å². The minimum absolute atomic E-state index is 0.0661. The van der Waals surface area contributed by atoms with Crippen molar-refractivity contribution < 1.29 is 13.2 Å². The standard InChI is InChI=1S/C24H22F3N3/c1-4-20-16-9-5-6-10-17(16)23(28-20)30-22-15(3)14(2)13-21(29-22)18-11-7-8-12-19(18)24(25,26)27/h5-13,20H,4H2,1-3H3,(H,28,29,30). The van der Waals surface area contributed by atoms with Crippen LogP contribution in [0.25, 0.3) is 11.3 Å². The van der Waals surface area contributed by atoms with Gasteiger partial charge in [-0.3, -0.25) is 4.99 Å². The molecule has 0 spiro atoms. The smallest absolute Gasteiger partial charge is 0.324 e. The molecule has 1 atom stereocenters. The molecule has 0 radical (unpaired) electrons. The zero-order valence-corrected chi connectivity index (χ0v) is 17.0. The Bertz CT molecular complexity index is 1130. The third kappa shape index (κ3) is 3.58. The van der Waals surface area contributed by atoms with Gasteiger partial charge in [-0.2, -0.15) is 13.2 Å². The lowest BCUT2D eigenvalue weighted by molar-refractivity contribution is -0.137. The van der Waals surface area contributed by atoms with Crippen LogP contribution in [0.3, 0.4) is 0 Å². The van der Waals surface area contributed by atoms with E-state index in [0.717, 1.165) is 34.7 Å². The number of pyridine rings is 1. The van der Waals surface area contributed by atoms with E-state index in [-0.39, 0.29) is 17.3 Å². The van der Waals surface area contributed by atoms with Crippen LogP contribution >= 0.6 is 0 Å². The van der Waals surface area contributed by atoms with Gasteiger partial charge in [0.25, 0.3) is 0 Å². The number of aromatic nitrogens is 1. The molecule has 1 aromatic heterocycles. The van der Waals surface area contributed by atoms with E-state index >= 15 is 0 Å². The van der Waals surface area contributed by atoms with Crippen LogP contribution < -0.4 is 5.32 Å². The summed E-state index contributed by atoms with van der Waals surface area (Å²) < 4.78 is 40.6. The van der Waals surface area contributed by atoms with Crippen molar-refractivity contribution in [3.05, 3.63) is 82.4 Å². The molecule has 0 saturated heterocycles. The van der Waals surface area contributed by atoms with Crippen LogP contribution in [-0.4, -0.2) is 10.8 Å². The summed E-state index contributed by atoms with van der Waals surface area (Å²) in [6, 6.07) is 15.3. The highest BCUT2D eigenvalue weighted by Crippen LogP contribution is 2.38. The molecule has 1 unspecified atom stereocenters. The number of anilines is 1. The Hall–Kier alpha value is -3.15. The third-order valence-electron chi connectivity index (χ3n) is 5.52. The maximum absolute atomic E-state index is 13.5. The first-order valence-electron chi connectivity index (χ1n) is 9.88. The average molecular weight is 409 g/mol. The zero-order valence-electron chi connectivity index (χ0n) is 17.0. The van der Waals surface area contributed by atoms with Crippen molar-refractivity contribution in [2.24, 2.45) is 4.99 Å². The molecule has 1 aliphatic heterocycles. The summed E-state index contributed by atoms with van der Waals surface area (Å²) in [6.45, 7) is 5.86. The number of fused-ring (bicyclic) bond motifs is 1. The molecule has 3 nitrogen and oxygen atoms in total. The summed E-state index contributed by atoms with van der Waals surface area (Å²) in [4.78, 5) is 9.36. The molecule has 0 saturated carbocycles. The number of amidine groups is 1. The molecule has 1 aliphatic rings. The van der Waals surface area contributed by atoms with Gasteiger partial charge in [0, 0.05) is 11.1 Å². The maximum atomic E-state index is 13.5. The molecule has 30 heavy (non-hydrogen) atoms. The summed E-state index contributed by atoms with van der Waals surface area (Å²) in [7, 11) is 0. The summed E-state index contributed by atoms with van der Waals surface area (Å²) in [6.07, 6.45) is -3.58. The number of aliphatic imine (C=N–C) groups is 1. The summed E-state index contributed by atoms with van der Waals surface area (Å²) in [5, 5.41) is 3.30. The molecule has 0 aliphatic carbocycles. The second-order valence-corrected chi connectivity index (χ2v) is 7.46. The Labute approximate surface area is 173 Å². The zero-order chi connectivity index (χ0) is 21.5. The van der Waals surface area contributed by atoms with Crippen LogP contribution in [0, 0.1) is 13.8 Å². The van der Waals surface area contributed by atoms with Crippen molar-refractivity contribution in [2.75, 3.05) is 5.32 Å². The van der Waals surface area contributed by atoms with Gasteiger partial charge in [-0.15, -0.1) is 0 Å².